The molecule has 1 N–H and O–H groups in total. The molecule has 0 radical (unpaired) electrons. The van der Waals surface area contributed by atoms with Gasteiger partial charge in [0.25, 0.3) is 10.1 Å². The first-order valence-corrected chi connectivity index (χ1v) is 6.30. The van der Waals surface area contributed by atoms with Crippen LogP contribution in [-0.4, -0.2) is 24.7 Å². The molecule has 0 bridgehead atoms. The molecule has 0 aromatic heterocycles. The highest BCUT2D eigenvalue weighted by molar-refractivity contribution is 7.86. The van der Waals surface area contributed by atoms with Crippen LogP contribution < -0.4 is 0 Å². The summed E-state index contributed by atoms with van der Waals surface area (Å²) in [4.78, 5) is 0. The predicted octanol–water partition coefficient (Wildman–Crippen LogP) is 3.07. The van der Waals surface area contributed by atoms with Crippen LogP contribution in [0.5, 0.6) is 0 Å². The molecule has 0 aliphatic rings. The van der Waals surface area contributed by atoms with E-state index in [1.807, 2.05) is 0 Å². The highest BCUT2D eigenvalue weighted by Crippen LogP contribution is 2.23. The van der Waals surface area contributed by atoms with Crippen LogP contribution >= 0.6 is 0 Å². The van der Waals surface area contributed by atoms with Crippen molar-refractivity contribution in [2.24, 2.45) is 0 Å². The maximum absolute atomic E-state index is 12.6. The molecule has 0 heterocycles. The zero-order chi connectivity index (χ0) is 12.8. The number of halogens is 4. The van der Waals surface area contributed by atoms with Gasteiger partial charge in [0.15, 0.2) is 0 Å². The second-order valence-electron chi connectivity index (χ2n) is 3.49. The molecule has 1 unspecified atom stereocenters. The first kappa shape index (κ1) is 15.6. The summed E-state index contributed by atoms with van der Waals surface area (Å²) in [6.45, 7) is 0. The summed E-state index contributed by atoms with van der Waals surface area (Å²) in [5, 5.41) is 0. The van der Waals surface area contributed by atoms with E-state index >= 15 is 0 Å². The molecule has 1 atom stereocenters. The second-order valence-corrected chi connectivity index (χ2v) is 5.03. The van der Waals surface area contributed by atoms with E-state index in [0.29, 0.717) is 6.42 Å². The third-order valence-corrected chi connectivity index (χ3v) is 2.85. The van der Waals surface area contributed by atoms with E-state index in [1.54, 1.807) is 0 Å². The van der Waals surface area contributed by atoms with Crippen LogP contribution in [0.15, 0.2) is 0 Å². The van der Waals surface area contributed by atoms with E-state index in [0.717, 1.165) is 0 Å². The lowest BCUT2D eigenvalue weighted by atomic mass is 10.1. The average Bonchev–Trinajstić information content (AvgIpc) is 2.07. The number of unbranched alkanes of at least 4 members (excludes halogenated alkanes) is 3. The van der Waals surface area contributed by atoms with Crippen LogP contribution in [0.2, 0.25) is 0 Å². The van der Waals surface area contributed by atoms with Crippen LogP contribution in [0, 0.1) is 0 Å². The van der Waals surface area contributed by atoms with Crippen molar-refractivity contribution in [1.29, 1.82) is 0 Å². The van der Waals surface area contributed by atoms with E-state index in [1.165, 1.54) is 0 Å². The highest BCUT2D eigenvalue weighted by Gasteiger charge is 2.26. The smallest absolute Gasteiger partial charge is 0.283 e. The molecule has 0 saturated carbocycles. The number of hydrogen-bond acceptors (Lipinski definition) is 2. The molecule has 8 heteroatoms. The van der Waals surface area contributed by atoms with Crippen molar-refractivity contribution in [2.75, 3.05) is 0 Å². The fourth-order valence-corrected chi connectivity index (χ4v) is 1.60. The lowest BCUT2D eigenvalue weighted by molar-refractivity contribution is -0.135. The molecule has 0 fully saturated rings. The summed E-state index contributed by atoms with van der Waals surface area (Å²) in [5.41, 5.74) is -2.34. The van der Waals surface area contributed by atoms with Crippen LogP contribution in [0.25, 0.3) is 0 Å². The van der Waals surface area contributed by atoms with Crippen molar-refractivity contribution in [3.05, 3.63) is 0 Å². The molecule has 0 aliphatic carbocycles. The van der Waals surface area contributed by atoms with Crippen molar-refractivity contribution in [3.63, 3.8) is 0 Å². The second kappa shape index (κ2) is 6.39. The molecular formula is C8H14F4O3S. The summed E-state index contributed by atoms with van der Waals surface area (Å²) < 4.78 is 76.3. The van der Waals surface area contributed by atoms with Gasteiger partial charge in [0, 0.05) is 6.42 Å². The molecule has 0 rings (SSSR count). The average molecular weight is 266 g/mol. The summed E-state index contributed by atoms with van der Waals surface area (Å²) in [6, 6.07) is 0. The van der Waals surface area contributed by atoms with Gasteiger partial charge in [0.05, 0.1) is 0 Å². The molecule has 3 nitrogen and oxygen atoms in total. The third-order valence-electron chi connectivity index (χ3n) is 1.96. The van der Waals surface area contributed by atoms with Gasteiger partial charge in [-0.2, -0.15) is 21.6 Å². The summed E-state index contributed by atoms with van der Waals surface area (Å²) in [6.07, 6.45) is -4.79. The van der Waals surface area contributed by atoms with Crippen LogP contribution in [0.3, 0.4) is 0 Å². The maximum atomic E-state index is 12.6. The third kappa shape index (κ3) is 8.90. The van der Waals surface area contributed by atoms with Gasteiger partial charge in [-0.05, 0) is 19.3 Å². The van der Waals surface area contributed by atoms with Gasteiger partial charge in [-0.1, -0.05) is 12.8 Å². The van der Waals surface area contributed by atoms with Gasteiger partial charge >= 0.3 is 6.18 Å². The van der Waals surface area contributed by atoms with E-state index < -0.39 is 28.2 Å². The van der Waals surface area contributed by atoms with Crippen molar-refractivity contribution in [3.8, 4) is 0 Å². The van der Waals surface area contributed by atoms with Crippen LogP contribution in [0.1, 0.15) is 38.5 Å². The SMILES string of the molecule is O=S(=O)(O)C(F)CCCCCCC(F)(F)F. The quantitative estimate of drug-likeness (QED) is 0.437. The zero-order valence-corrected chi connectivity index (χ0v) is 9.32. The predicted molar refractivity (Wildman–Crippen MR) is 50.2 cm³/mol. The van der Waals surface area contributed by atoms with Crippen LogP contribution in [0.4, 0.5) is 17.6 Å². The molecule has 0 spiro atoms. The Bertz CT molecular complexity index is 286. The van der Waals surface area contributed by atoms with Crippen molar-refractivity contribution < 1.29 is 30.5 Å². The Balaban J connectivity index is 3.49. The molecule has 0 amide bonds. The molecule has 98 valence electrons. The number of alkyl halides is 4. The normalized spacial score (nSPS) is 15.1. The Hall–Kier alpha value is -0.370. The van der Waals surface area contributed by atoms with Crippen LogP contribution in [-0.2, 0) is 10.1 Å². The largest absolute Gasteiger partial charge is 0.389 e. The minimum Gasteiger partial charge on any atom is -0.283 e. The molecular weight excluding hydrogens is 252 g/mol. The van der Waals surface area contributed by atoms with Crippen molar-refractivity contribution in [1.82, 2.24) is 0 Å². The van der Waals surface area contributed by atoms with Crippen molar-refractivity contribution in [2.45, 2.75) is 50.2 Å². The maximum Gasteiger partial charge on any atom is 0.389 e. The Kier molecular flexibility index (Phi) is 6.24. The summed E-state index contributed by atoms with van der Waals surface area (Å²) in [7, 11) is -4.67. The van der Waals surface area contributed by atoms with E-state index in [2.05, 4.69) is 0 Å². The Morgan fingerprint density at radius 1 is 1.06 bits per heavy atom. The lowest BCUT2D eigenvalue weighted by Crippen LogP contribution is -2.14. The Morgan fingerprint density at radius 3 is 2.00 bits per heavy atom. The van der Waals surface area contributed by atoms with E-state index in [9.17, 15) is 26.0 Å². The summed E-state index contributed by atoms with van der Waals surface area (Å²) in [5.74, 6) is 0. The number of hydrogen-bond donors (Lipinski definition) is 1. The Morgan fingerprint density at radius 2 is 1.56 bits per heavy atom. The van der Waals surface area contributed by atoms with Gasteiger partial charge in [-0.3, -0.25) is 4.55 Å². The van der Waals surface area contributed by atoms with E-state index in [-0.39, 0.29) is 25.7 Å². The molecule has 16 heavy (non-hydrogen) atoms. The van der Waals surface area contributed by atoms with Gasteiger partial charge in [0.2, 0.25) is 5.50 Å². The standard InChI is InChI=1S/C8H14F4O3S/c9-7(16(13,14)15)5-3-1-2-4-6-8(10,11)12/h7H,1-6H2,(H,13,14,15). The van der Waals surface area contributed by atoms with Crippen molar-refractivity contribution >= 4 is 10.1 Å². The molecule has 0 aliphatic heterocycles. The lowest BCUT2D eigenvalue weighted by Gasteiger charge is -2.06. The fourth-order valence-electron chi connectivity index (χ4n) is 1.13. The van der Waals surface area contributed by atoms with Gasteiger partial charge < -0.3 is 0 Å². The minimum absolute atomic E-state index is 0.0493. The molecule has 0 saturated heterocycles. The van der Waals surface area contributed by atoms with E-state index in [4.69, 9.17) is 4.55 Å². The first-order chi connectivity index (χ1) is 7.13. The van der Waals surface area contributed by atoms with Gasteiger partial charge in [0.1, 0.15) is 0 Å². The fraction of sp³-hybridized carbons (Fsp3) is 1.00. The monoisotopic (exact) mass is 266 g/mol. The van der Waals surface area contributed by atoms with Gasteiger partial charge in [-0.25, -0.2) is 4.39 Å². The number of rotatable bonds is 7. The minimum atomic E-state index is -4.67. The first-order valence-electron chi connectivity index (χ1n) is 4.80. The summed E-state index contributed by atoms with van der Waals surface area (Å²) >= 11 is 0. The molecule has 0 aromatic carbocycles. The zero-order valence-electron chi connectivity index (χ0n) is 8.50. The highest BCUT2D eigenvalue weighted by atomic mass is 32.2. The van der Waals surface area contributed by atoms with Gasteiger partial charge in [-0.15, -0.1) is 0 Å². The molecule has 0 aromatic rings. The Labute approximate surface area is 91.6 Å². The topological polar surface area (TPSA) is 54.4 Å².